The number of anilines is 2. The van der Waals surface area contributed by atoms with Crippen molar-refractivity contribution in [2.45, 2.75) is 0 Å². The van der Waals surface area contributed by atoms with Crippen LogP contribution in [0.2, 0.25) is 5.02 Å². The van der Waals surface area contributed by atoms with Crippen molar-refractivity contribution in [3.8, 4) is 5.69 Å². The standard InChI is InChI=1S/C15H11ClFN5O/c16-11-5-9(14(18)23)6-19-15(11)21-10-7-20-22(8-10)13-4-2-1-3-12(13)17/h1-8H,(H2,18,23)(H,19,21). The van der Waals surface area contributed by atoms with Crippen molar-refractivity contribution in [1.82, 2.24) is 14.8 Å². The SMILES string of the molecule is NC(=O)c1cnc(Nc2cnn(-c3ccccc3F)c2)c(Cl)c1. The zero-order valence-corrected chi connectivity index (χ0v) is 12.5. The van der Waals surface area contributed by atoms with E-state index in [1.165, 1.54) is 29.2 Å². The molecule has 2 heterocycles. The van der Waals surface area contributed by atoms with Gasteiger partial charge in [-0.3, -0.25) is 4.79 Å². The van der Waals surface area contributed by atoms with Gasteiger partial charge in [0.15, 0.2) is 0 Å². The fourth-order valence-corrected chi connectivity index (χ4v) is 2.17. The molecule has 0 aliphatic heterocycles. The van der Waals surface area contributed by atoms with Crippen LogP contribution in [0.1, 0.15) is 10.4 Å². The number of benzene rings is 1. The summed E-state index contributed by atoms with van der Waals surface area (Å²) in [6.07, 6.45) is 4.42. The monoisotopic (exact) mass is 331 g/mol. The molecule has 116 valence electrons. The van der Waals surface area contributed by atoms with Crippen LogP contribution >= 0.6 is 11.6 Å². The first kappa shape index (κ1) is 15.0. The van der Waals surface area contributed by atoms with Gasteiger partial charge in [0.05, 0.1) is 28.7 Å². The summed E-state index contributed by atoms with van der Waals surface area (Å²) >= 11 is 6.05. The quantitative estimate of drug-likeness (QED) is 0.769. The van der Waals surface area contributed by atoms with Gasteiger partial charge in [0.1, 0.15) is 17.3 Å². The van der Waals surface area contributed by atoms with Crippen LogP contribution < -0.4 is 11.1 Å². The van der Waals surface area contributed by atoms with Gasteiger partial charge in [-0.25, -0.2) is 14.1 Å². The largest absolute Gasteiger partial charge is 0.366 e. The lowest BCUT2D eigenvalue weighted by molar-refractivity contribution is 0.1000. The highest BCUT2D eigenvalue weighted by atomic mass is 35.5. The molecule has 3 aromatic rings. The molecule has 1 amide bonds. The minimum absolute atomic E-state index is 0.211. The third-order valence-corrected chi connectivity index (χ3v) is 3.36. The molecule has 0 aliphatic rings. The summed E-state index contributed by atoms with van der Waals surface area (Å²) < 4.78 is 15.1. The third-order valence-electron chi connectivity index (χ3n) is 3.07. The lowest BCUT2D eigenvalue weighted by atomic mass is 10.2. The minimum Gasteiger partial charge on any atom is -0.366 e. The molecule has 0 saturated carbocycles. The number of carbonyl (C=O) groups is 1. The Kier molecular flexibility index (Phi) is 3.94. The number of para-hydroxylation sites is 1. The predicted molar refractivity (Wildman–Crippen MR) is 84.6 cm³/mol. The van der Waals surface area contributed by atoms with Gasteiger partial charge in [0.2, 0.25) is 5.91 Å². The summed E-state index contributed by atoms with van der Waals surface area (Å²) in [5.41, 5.74) is 6.26. The highest BCUT2D eigenvalue weighted by molar-refractivity contribution is 6.33. The molecule has 0 aliphatic carbocycles. The van der Waals surface area contributed by atoms with Crippen LogP contribution in [0.4, 0.5) is 15.9 Å². The van der Waals surface area contributed by atoms with E-state index in [2.05, 4.69) is 15.4 Å². The van der Waals surface area contributed by atoms with E-state index in [4.69, 9.17) is 17.3 Å². The number of amides is 1. The highest BCUT2D eigenvalue weighted by Gasteiger charge is 2.10. The molecule has 0 unspecified atom stereocenters. The molecular formula is C15H11ClFN5O. The summed E-state index contributed by atoms with van der Waals surface area (Å²) in [7, 11) is 0. The summed E-state index contributed by atoms with van der Waals surface area (Å²) in [6, 6.07) is 7.70. The Morgan fingerprint density at radius 2 is 2.09 bits per heavy atom. The van der Waals surface area contributed by atoms with Crippen LogP contribution in [0.3, 0.4) is 0 Å². The van der Waals surface area contributed by atoms with Crippen molar-refractivity contribution < 1.29 is 9.18 Å². The van der Waals surface area contributed by atoms with Crippen molar-refractivity contribution in [1.29, 1.82) is 0 Å². The van der Waals surface area contributed by atoms with Gasteiger partial charge in [-0.2, -0.15) is 5.10 Å². The Morgan fingerprint density at radius 3 is 2.78 bits per heavy atom. The maximum atomic E-state index is 13.7. The predicted octanol–water partition coefficient (Wildman–Crippen LogP) is 2.90. The lowest BCUT2D eigenvalue weighted by Gasteiger charge is -2.06. The first-order valence-corrected chi connectivity index (χ1v) is 6.94. The number of carbonyl (C=O) groups excluding carboxylic acids is 1. The number of pyridine rings is 1. The zero-order chi connectivity index (χ0) is 16.4. The second-order valence-electron chi connectivity index (χ2n) is 4.67. The second-order valence-corrected chi connectivity index (χ2v) is 5.08. The molecule has 0 fully saturated rings. The topological polar surface area (TPSA) is 85.8 Å². The van der Waals surface area contributed by atoms with E-state index in [1.807, 2.05) is 0 Å². The summed E-state index contributed by atoms with van der Waals surface area (Å²) in [6.45, 7) is 0. The van der Waals surface area contributed by atoms with Crippen molar-refractivity contribution in [3.63, 3.8) is 0 Å². The average Bonchev–Trinajstić information content (AvgIpc) is 2.98. The number of primary amides is 1. The Bertz CT molecular complexity index is 880. The maximum Gasteiger partial charge on any atom is 0.250 e. The molecule has 3 N–H and O–H groups in total. The molecular weight excluding hydrogens is 321 g/mol. The van der Waals surface area contributed by atoms with Crippen LogP contribution in [0.5, 0.6) is 0 Å². The summed E-state index contributed by atoms with van der Waals surface area (Å²) in [5, 5.41) is 7.27. The molecule has 2 aromatic heterocycles. The fourth-order valence-electron chi connectivity index (χ4n) is 1.96. The number of nitrogens with one attached hydrogen (secondary N) is 1. The van der Waals surface area contributed by atoms with E-state index in [9.17, 15) is 9.18 Å². The smallest absolute Gasteiger partial charge is 0.250 e. The van der Waals surface area contributed by atoms with E-state index in [0.717, 1.165) is 0 Å². The molecule has 0 atom stereocenters. The molecule has 0 spiro atoms. The van der Waals surface area contributed by atoms with Crippen LogP contribution in [0, 0.1) is 5.82 Å². The Morgan fingerprint density at radius 1 is 1.30 bits per heavy atom. The van der Waals surface area contributed by atoms with E-state index < -0.39 is 5.91 Å². The van der Waals surface area contributed by atoms with Crippen molar-refractivity contribution in [2.24, 2.45) is 5.73 Å². The molecule has 8 heteroatoms. The van der Waals surface area contributed by atoms with Crippen LogP contribution in [-0.2, 0) is 0 Å². The van der Waals surface area contributed by atoms with Crippen LogP contribution in [0.25, 0.3) is 5.69 Å². The summed E-state index contributed by atoms with van der Waals surface area (Å²) in [5.74, 6) is -0.660. The van der Waals surface area contributed by atoms with Crippen molar-refractivity contribution in [2.75, 3.05) is 5.32 Å². The minimum atomic E-state index is -0.613. The average molecular weight is 332 g/mol. The third kappa shape index (κ3) is 3.14. The molecule has 23 heavy (non-hydrogen) atoms. The van der Waals surface area contributed by atoms with Gasteiger partial charge in [0.25, 0.3) is 0 Å². The number of halogens is 2. The molecule has 6 nitrogen and oxygen atoms in total. The van der Waals surface area contributed by atoms with E-state index in [-0.39, 0.29) is 16.4 Å². The number of rotatable bonds is 4. The molecule has 0 saturated heterocycles. The summed E-state index contributed by atoms with van der Waals surface area (Å²) in [4.78, 5) is 15.1. The number of hydrogen-bond donors (Lipinski definition) is 2. The highest BCUT2D eigenvalue weighted by Crippen LogP contribution is 2.24. The van der Waals surface area contributed by atoms with Crippen LogP contribution in [-0.4, -0.2) is 20.7 Å². The van der Waals surface area contributed by atoms with Gasteiger partial charge in [-0.05, 0) is 18.2 Å². The molecule has 0 bridgehead atoms. The Labute approximate surface area is 135 Å². The van der Waals surface area contributed by atoms with Gasteiger partial charge in [-0.15, -0.1) is 0 Å². The van der Waals surface area contributed by atoms with Gasteiger partial charge in [-0.1, -0.05) is 23.7 Å². The number of aromatic nitrogens is 3. The van der Waals surface area contributed by atoms with Gasteiger partial charge < -0.3 is 11.1 Å². The number of hydrogen-bond acceptors (Lipinski definition) is 4. The van der Waals surface area contributed by atoms with E-state index >= 15 is 0 Å². The second kappa shape index (κ2) is 6.05. The van der Waals surface area contributed by atoms with Crippen molar-refractivity contribution in [3.05, 3.63) is 65.3 Å². The molecule has 0 radical (unpaired) electrons. The first-order valence-electron chi connectivity index (χ1n) is 6.56. The first-order chi connectivity index (χ1) is 11.0. The maximum absolute atomic E-state index is 13.7. The normalized spacial score (nSPS) is 10.5. The Balaban J connectivity index is 1.85. The van der Waals surface area contributed by atoms with E-state index in [0.29, 0.717) is 17.2 Å². The number of nitrogens with zero attached hydrogens (tertiary/aromatic N) is 3. The number of nitrogens with two attached hydrogens (primary N) is 1. The molecule has 3 rings (SSSR count). The van der Waals surface area contributed by atoms with Crippen LogP contribution in [0.15, 0.2) is 48.9 Å². The Hall–Kier alpha value is -2.93. The fraction of sp³-hybridized carbons (Fsp3) is 0. The molecule has 1 aromatic carbocycles. The van der Waals surface area contributed by atoms with Gasteiger partial charge >= 0.3 is 0 Å². The van der Waals surface area contributed by atoms with Crippen molar-refractivity contribution >= 4 is 29.0 Å². The zero-order valence-electron chi connectivity index (χ0n) is 11.7. The van der Waals surface area contributed by atoms with Gasteiger partial charge in [0, 0.05) is 6.20 Å². The lowest BCUT2D eigenvalue weighted by Crippen LogP contribution is -2.11. The van der Waals surface area contributed by atoms with E-state index in [1.54, 1.807) is 24.4 Å².